The van der Waals surface area contributed by atoms with Gasteiger partial charge in [0.1, 0.15) is 17.3 Å². The molecule has 334 valence electrons. The van der Waals surface area contributed by atoms with Crippen LogP contribution in [0.15, 0.2) is 212 Å². The highest BCUT2D eigenvalue weighted by molar-refractivity contribution is 6.13. The zero-order valence-corrected chi connectivity index (χ0v) is 39.0. The molecule has 1 aliphatic rings. The van der Waals surface area contributed by atoms with Gasteiger partial charge in [-0.3, -0.25) is 4.57 Å². The van der Waals surface area contributed by atoms with E-state index in [1.165, 1.54) is 32.9 Å². The molecule has 5 heterocycles. The maximum atomic E-state index is 6.81. The Kier molecular flexibility index (Phi) is 8.86. The van der Waals surface area contributed by atoms with Gasteiger partial charge >= 0.3 is 0 Å². The van der Waals surface area contributed by atoms with Gasteiger partial charge in [0.15, 0.2) is 0 Å². The Bertz CT molecular complexity index is 4030. The van der Waals surface area contributed by atoms with Gasteiger partial charge in [-0.15, -0.1) is 0 Å². The van der Waals surface area contributed by atoms with Gasteiger partial charge in [0.2, 0.25) is 0 Å². The maximum Gasteiger partial charge on any atom is 0.137 e. The van der Waals surface area contributed by atoms with Gasteiger partial charge in [-0.05, 0) is 110 Å². The molecule has 0 atom stereocenters. The van der Waals surface area contributed by atoms with Gasteiger partial charge in [0.05, 0.1) is 62.5 Å². The average molecular weight is 903 g/mol. The number of rotatable bonds is 7. The topological polar surface area (TPSA) is 43.4 Å². The van der Waals surface area contributed by atoms with Crippen molar-refractivity contribution in [1.29, 1.82) is 0 Å². The zero-order valence-electron chi connectivity index (χ0n) is 39.0. The van der Waals surface area contributed by atoms with Crippen molar-refractivity contribution in [2.24, 2.45) is 0 Å². The molecular formula is C63H46N6O. The minimum absolute atomic E-state index is 0.760. The number of benzene rings is 9. The smallest absolute Gasteiger partial charge is 0.137 e. The van der Waals surface area contributed by atoms with E-state index in [1.807, 2.05) is 0 Å². The van der Waals surface area contributed by atoms with Gasteiger partial charge in [0, 0.05) is 74.5 Å². The fourth-order valence-corrected chi connectivity index (χ4v) is 11.4. The molecule has 70 heavy (non-hydrogen) atoms. The Balaban J connectivity index is 0.945. The Hall–Kier alpha value is -9.07. The lowest BCUT2D eigenvalue weighted by Crippen LogP contribution is -2.24. The molecule has 4 aromatic heterocycles. The predicted octanol–water partition coefficient (Wildman–Crippen LogP) is 16.0. The lowest BCUT2D eigenvalue weighted by atomic mass is 9.98. The summed E-state index contributed by atoms with van der Waals surface area (Å²) in [5.41, 5.74) is 16.9. The molecule has 9 aromatic carbocycles. The van der Waals surface area contributed by atoms with Gasteiger partial charge in [0.25, 0.3) is 0 Å². The van der Waals surface area contributed by atoms with Crippen molar-refractivity contribution in [3.63, 3.8) is 0 Å². The summed E-state index contributed by atoms with van der Waals surface area (Å²) in [6.07, 6.45) is 2.10. The van der Waals surface area contributed by atoms with E-state index in [-0.39, 0.29) is 0 Å². The summed E-state index contributed by atoms with van der Waals surface area (Å²) < 4.78 is 14.0. The Morgan fingerprint density at radius 2 is 0.900 bits per heavy atom. The van der Waals surface area contributed by atoms with Gasteiger partial charge in [-0.25, -0.2) is 4.98 Å². The molecule has 0 radical (unpaired) electrons. The molecule has 0 fully saturated rings. The second-order valence-electron chi connectivity index (χ2n) is 18.7. The first-order valence-electron chi connectivity index (χ1n) is 23.9. The molecule has 13 aromatic rings. The van der Waals surface area contributed by atoms with E-state index in [0.717, 1.165) is 107 Å². The Morgan fingerprint density at radius 3 is 1.46 bits per heavy atom. The van der Waals surface area contributed by atoms with Crippen LogP contribution in [0.1, 0.15) is 11.1 Å². The first-order chi connectivity index (χ1) is 34.5. The summed E-state index contributed by atoms with van der Waals surface area (Å²) >= 11 is 0. The van der Waals surface area contributed by atoms with Crippen LogP contribution in [0.4, 0.5) is 17.1 Å². The molecule has 0 aliphatic carbocycles. The average Bonchev–Trinajstić information content (AvgIpc) is 4.12. The number of pyridine rings is 1. The molecule has 14 rings (SSSR count). The number of hydrogen-bond acceptors (Lipinski definition) is 4. The van der Waals surface area contributed by atoms with Gasteiger partial charge in [-0.1, -0.05) is 109 Å². The fraction of sp³-hybridized carbons (Fsp3) is 0.0635. The molecule has 0 amide bonds. The quantitative estimate of drug-likeness (QED) is 0.160. The number of hydrogen-bond donors (Lipinski definition) is 0. The van der Waals surface area contributed by atoms with E-state index in [2.05, 4.69) is 257 Å². The van der Waals surface area contributed by atoms with Crippen molar-refractivity contribution in [2.45, 2.75) is 13.8 Å². The molecule has 0 N–H and O–H groups in total. The first-order valence-corrected chi connectivity index (χ1v) is 23.9. The molecule has 0 unspecified atom stereocenters. The number of aryl methyl sites for hydroxylation is 2. The summed E-state index contributed by atoms with van der Waals surface area (Å²) in [4.78, 5) is 10.1. The summed E-state index contributed by atoms with van der Waals surface area (Å²) in [5.74, 6) is 2.40. The maximum absolute atomic E-state index is 6.81. The first kappa shape index (κ1) is 40.0. The normalized spacial score (nSPS) is 12.7. The molecule has 7 nitrogen and oxygen atoms in total. The third-order valence-corrected chi connectivity index (χ3v) is 14.4. The van der Waals surface area contributed by atoms with Crippen molar-refractivity contribution in [2.75, 3.05) is 23.5 Å². The second-order valence-corrected chi connectivity index (χ2v) is 18.7. The number of ether oxygens (including phenoxy) is 1. The Morgan fingerprint density at radius 1 is 0.414 bits per heavy atom. The third-order valence-electron chi connectivity index (χ3n) is 14.4. The van der Waals surface area contributed by atoms with Crippen LogP contribution >= 0.6 is 0 Å². The van der Waals surface area contributed by atoms with E-state index in [9.17, 15) is 0 Å². The summed E-state index contributed by atoms with van der Waals surface area (Å²) in [6, 6.07) is 74.1. The molecule has 0 saturated carbocycles. The molecule has 7 heteroatoms. The van der Waals surface area contributed by atoms with Crippen LogP contribution in [-0.4, -0.2) is 32.4 Å². The Labute approximate surface area is 404 Å². The van der Waals surface area contributed by atoms with Crippen molar-refractivity contribution in [1.82, 2.24) is 18.7 Å². The number of aromatic nitrogens is 4. The van der Waals surface area contributed by atoms with E-state index in [0.29, 0.717) is 0 Å². The number of fused-ring (bicyclic) bond motifs is 10. The second kappa shape index (κ2) is 15.5. The van der Waals surface area contributed by atoms with Crippen LogP contribution in [-0.2, 0) is 0 Å². The SMILES string of the molecule is Cc1cc(Oc2ccc3c4ccccc4n(-c4cc(C)c(-c5c(-n6c7ccccc7c7ccccc76)cccc5-n5c6ccccc6c6ccccc65)cn4)c3c2)cc(N2CN(C)c3ccccc32)c1. The van der Waals surface area contributed by atoms with Crippen LogP contribution < -0.4 is 14.5 Å². The standard InChI is InChI=1S/C63H46N6O/c1-40-33-42(66-39-65(3)57-27-14-15-28-58(57)66)36-44(34-40)70-43-31-32-50-49-21-8-13-26-56(49)69(61(50)37-43)62-35-41(2)51(38-64-62)63-59(67-52-22-9-4-17-45(52)46-18-5-10-23-53(46)67)29-16-30-60(63)68-54-24-11-6-19-47(54)48-20-7-12-25-55(48)68/h4-38H,39H2,1-3H3. The highest BCUT2D eigenvalue weighted by Gasteiger charge is 2.26. The number of anilines is 3. The number of nitrogens with zero attached hydrogens (tertiary/aromatic N) is 6. The summed E-state index contributed by atoms with van der Waals surface area (Å²) in [5, 5.41) is 7.18. The molecule has 0 bridgehead atoms. The van der Waals surface area contributed by atoms with Crippen molar-refractivity contribution < 1.29 is 4.74 Å². The predicted molar refractivity (Wildman–Crippen MR) is 291 cm³/mol. The summed E-state index contributed by atoms with van der Waals surface area (Å²) in [6.45, 7) is 5.13. The minimum atomic E-state index is 0.760. The molecule has 0 saturated heterocycles. The van der Waals surface area contributed by atoms with E-state index < -0.39 is 0 Å². The van der Waals surface area contributed by atoms with Crippen molar-refractivity contribution in [3.8, 4) is 39.8 Å². The van der Waals surface area contributed by atoms with Gasteiger partial charge < -0.3 is 23.7 Å². The minimum Gasteiger partial charge on any atom is -0.457 e. The highest BCUT2D eigenvalue weighted by Crippen LogP contribution is 2.45. The van der Waals surface area contributed by atoms with Crippen LogP contribution in [0.25, 0.3) is 93.7 Å². The third kappa shape index (κ3) is 6.04. The van der Waals surface area contributed by atoms with Crippen LogP contribution in [0, 0.1) is 13.8 Å². The van der Waals surface area contributed by atoms with Crippen LogP contribution in [0.3, 0.4) is 0 Å². The van der Waals surface area contributed by atoms with Crippen LogP contribution in [0.5, 0.6) is 11.5 Å². The van der Waals surface area contributed by atoms with Crippen LogP contribution in [0.2, 0.25) is 0 Å². The summed E-state index contributed by atoms with van der Waals surface area (Å²) in [7, 11) is 2.14. The molecule has 1 aliphatic heterocycles. The van der Waals surface area contributed by atoms with Crippen molar-refractivity contribution in [3.05, 3.63) is 224 Å². The monoisotopic (exact) mass is 902 g/mol. The van der Waals surface area contributed by atoms with Gasteiger partial charge in [-0.2, -0.15) is 0 Å². The lowest BCUT2D eigenvalue weighted by molar-refractivity contribution is 0.483. The lowest BCUT2D eigenvalue weighted by Gasteiger charge is -2.21. The zero-order chi connectivity index (χ0) is 46.6. The fourth-order valence-electron chi connectivity index (χ4n) is 11.4. The van der Waals surface area contributed by atoms with E-state index in [4.69, 9.17) is 9.72 Å². The molecular weight excluding hydrogens is 857 g/mol. The molecule has 0 spiro atoms. The largest absolute Gasteiger partial charge is 0.457 e. The van der Waals surface area contributed by atoms with E-state index >= 15 is 0 Å². The highest BCUT2D eigenvalue weighted by atomic mass is 16.5. The van der Waals surface area contributed by atoms with Crippen molar-refractivity contribution >= 4 is 82.5 Å². The number of para-hydroxylation sites is 7. The van der Waals surface area contributed by atoms with E-state index in [1.54, 1.807) is 0 Å².